The quantitative estimate of drug-likeness (QED) is 0.0212. The Labute approximate surface area is 526 Å². The van der Waals surface area contributed by atoms with Gasteiger partial charge in [-0.2, -0.15) is 0 Å². The summed E-state index contributed by atoms with van der Waals surface area (Å²) in [6.45, 7) is 4.17. The third-order valence-electron chi connectivity index (χ3n) is 14.5. The number of benzene rings is 3. The summed E-state index contributed by atoms with van der Waals surface area (Å²) >= 11 is 0. The van der Waals surface area contributed by atoms with Gasteiger partial charge in [0, 0.05) is 49.2 Å². The van der Waals surface area contributed by atoms with Crippen molar-refractivity contribution in [1.82, 2.24) is 52.8 Å². The van der Waals surface area contributed by atoms with Gasteiger partial charge in [-0.25, -0.2) is 4.79 Å². The number of carbonyl (C=O) groups excluding carboxylic acids is 11. The van der Waals surface area contributed by atoms with Crippen molar-refractivity contribution in [3.63, 3.8) is 0 Å². The van der Waals surface area contributed by atoms with E-state index in [4.69, 9.17) is 17.2 Å². The van der Waals surface area contributed by atoms with Crippen molar-refractivity contribution in [2.75, 3.05) is 0 Å². The molecule has 0 bridgehead atoms. The van der Waals surface area contributed by atoms with Gasteiger partial charge in [-0.3, -0.25) is 67.1 Å². The SMILES string of the molecule is CC[C@H](C)[C@H](NC(=O)[C@H](CC(=O)O)NC(=O)[C@H](CC(N)=O)NC(=O)[C@H](C)NC(=O)[C@H](CC(=O)O)NC(=O)[C@H](Cc1c[nH]c2ccccc12)NC(=O)[C@H](Cc1ccccc1)NC(=O)[C@H](Cc1ccccc1)NC(=O)[C@H](CCC(=O)O)NC(=O)[C@@H](N)CCC(N)=O)C(=O)O. The van der Waals surface area contributed by atoms with Crippen molar-refractivity contribution in [2.45, 2.75) is 152 Å². The molecular formula is C60H77N13O19. The Morgan fingerprint density at radius 2 is 0.848 bits per heavy atom. The highest BCUT2D eigenvalue weighted by molar-refractivity contribution is 6.01. The van der Waals surface area contributed by atoms with Gasteiger partial charge in [0.2, 0.25) is 65.0 Å². The fourth-order valence-corrected chi connectivity index (χ4v) is 9.25. The predicted molar refractivity (Wildman–Crippen MR) is 324 cm³/mol. The van der Waals surface area contributed by atoms with Crippen LogP contribution >= 0.6 is 0 Å². The van der Waals surface area contributed by atoms with Gasteiger partial charge < -0.3 is 90.5 Å². The first kappa shape index (κ1) is 73.7. The smallest absolute Gasteiger partial charge is 0.326 e. The second-order valence-electron chi connectivity index (χ2n) is 21.7. The molecule has 0 radical (unpaired) electrons. The lowest BCUT2D eigenvalue weighted by atomic mass is 9.98. The Hall–Kier alpha value is -10.8. The number of carboxylic acid groups (broad SMARTS) is 4. The molecule has 20 N–H and O–H groups in total. The molecule has 0 aliphatic heterocycles. The van der Waals surface area contributed by atoms with Crippen molar-refractivity contribution in [1.29, 1.82) is 0 Å². The number of primary amides is 2. The lowest BCUT2D eigenvalue weighted by Gasteiger charge is -2.28. The molecule has 32 nitrogen and oxygen atoms in total. The summed E-state index contributed by atoms with van der Waals surface area (Å²) in [5, 5.41) is 60.4. The number of carboxylic acids is 4. The topological polar surface area (TPSA) is 539 Å². The van der Waals surface area contributed by atoms with Crippen molar-refractivity contribution in [3.8, 4) is 0 Å². The number of carbonyl (C=O) groups is 15. The summed E-state index contributed by atoms with van der Waals surface area (Å²) in [6, 6.07) is 6.10. The molecule has 0 unspecified atom stereocenters. The number of rotatable bonds is 39. The van der Waals surface area contributed by atoms with Crippen LogP contribution in [-0.4, -0.2) is 175 Å². The average molecular weight is 1280 g/mol. The highest BCUT2D eigenvalue weighted by Gasteiger charge is 2.37. The maximum Gasteiger partial charge on any atom is 0.326 e. The summed E-state index contributed by atoms with van der Waals surface area (Å²) in [7, 11) is 0. The Morgan fingerprint density at radius 3 is 1.32 bits per heavy atom. The van der Waals surface area contributed by atoms with E-state index < -0.39 is 187 Å². The van der Waals surface area contributed by atoms with E-state index in [9.17, 15) is 92.3 Å². The van der Waals surface area contributed by atoms with Crippen LogP contribution in [0.2, 0.25) is 0 Å². The van der Waals surface area contributed by atoms with Gasteiger partial charge in [0.15, 0.2) is 0 Å². The third kappa shape index (κ3) is 24.3. The Morgan fingerprint density at radius 1 is 0.435 bits per heavy atom. The summed E-state index contributed by atoms with van der Waals surface area (Å²) in [5.74, 6) is -19.0. The molecule has 92 heavy (non-hydrogen) atoms. The van der Waals surface area contributed by atoms with E-state index >= 15 is 0 Å². The molecule has 4 aromatic rings. The lowest BCUT2D eigenvalue weighted by Crippen LogP contribution is -2.61. The Balaban J connectivity index is 1.67. The molecule has 11 amide bonds. The Kier molecular flexibility index (Phi) is 28.8. The van der Waals surface area contributed by atoms with Crippen LogP contribution in [0.4, 0.5) is 0 Å². The number of nitrogens with two attached hydrogens (primary N) is 3. The van der Waals surface area contributed by atoms with E-state index in [1.54, 1.807) is 91.9 Å². The average Bonchev–Trinajstić information content (AvgIpc) is 1.61. The first-order valence-electron chi connectivity index (χ1n) is 29.0. The minimum atomic E-state index is -2.04. The molecule has 1 heterocycles. The summed E-state index contributed by atoms with van der Waals surface area (Å²) < 4.78 is 0. The predicted octanol–water partition coefficient (Wildman–Crippen LogP) is -3.01. The number of aromatic amines is 1. The minimum Gasteiger partial charge on any atom is -0.481 e. The molecule has 496 valence electrons. The van der Waals surface area contributed by atoms with E-state index in [-0.39, 0.29) is 38.5 Å². The monoisotopic (exact) mass is 1280 g/mol. The van der Waals surface area contributed by atoms with Crippen molar-refractivity contribution in [3.05, 3.63) is 108 Å². The molecule has 0 aliphatic carbocycles. The molecule has 4 rings (SSSR count). The highest BCUT2D eigenvalue weighted by atomic mass is 16.4. The van der Waals surface area contributed by atoms with Gasteiger partial charge in [0.25, 0.3) is 0 Å². The number of H-pyrrole nitrogens is 1. The molecule has 0 fully saturated rings. The van der Waals surface area contributed by atoms with E-state index in [2.05, 4.69) is 52.8 Å². The number of hydrogen-bond acceptors (Lipinski definition) is 16. The molecule has 32 heteroatoms. The molecule has 11 atom stereocenters. The van der Waals surface area contributed by atoms with Crippen LogP contribution < -0.4 is 65.1 Å². The van der Waals surface area contributed by atoms with E-state index in [1.807, 2.05) is 0 Å². The summed E-state index contributed by atoms with van der Waals surface area (Å²) in [4.78, 5) is 200. The fourth-order valence-electron chi connectivity index (χ4n) is 9.25. The molecule has 3 aromatic carbocycles. The number of amides is 11. The van der Waals surface area contributed by atoms with Gasteiger partial charge in [0.1, 0.15) is 54.4 Å². The van der Waals surface area contributed by atoms with E-state index in [0.717, 1.165) is 6.92 Å². The number of aliphatic carboxylic acids is 4. The zero-order valence-corrected chi connectivity index (χ0v) is 50.4. The standard InChI is InChI=1S/C60H77N13O19/c1-4-30(2)50(60(91)92)73-59(90)44(28-49(80)81)72-58(89)42(26-46(63)75)67-51(82)31(3)65-54(85)43(27-48(78)79)71-57(88)41(25-34-29-64-37-18-12-11-17-35(34)37)70-56(87)40(24-33-15-9-6-10-16-33)69-55(86)39(23-32-13-7-5-8-14-32)68-53(84)38(20-22-47(76)77)66-52(83)36(61)19-21-45(62)74/h5-18,29-31,36,38-44,50,64H,4,19-28,61H2,1-3H3,(H2,62,74)(H2,63,75)(H,65,85)(H,66,83)(H,67,82)(H,68,84)(H,69,86)(H,70,87)(H,71,88)(H,72,89)(H,73,90)(H,76,77)(H,78,79)(H,80,81)(H,91,92)/t30-,31-,36-,38-,39-,40-,41-,42-,43-,44-,50-/m0/s1. The van der Waals surface area contributed by atoms with Crippen molar-refractivity contribution in [2.24, 2.45) is 23.1 Å². The number of nitrogens with one attached hydrogen (secondary N) is 10. The zero-order valence-electron chi connectivity index (χ0n) is 50.4. The first-order chi connectivity index (χ1) is 43.5. The Bertz CT molecular complexity index is 3330. The molecule has 0 aliphatic rings. The van der Waals surface area contributed by atoms with E-state index in [1.165, 1.54) is 13.1 Å². The van der Waals surface area contributed by atoms with Crippen LogP contribution in [0.3, 0.4) is 0 Å². The second kappa shape index (κ2) is 36.0. The third-order valence-corrected chi connectivity index (χ3v) is 14.5. The fraction of sp³-hybridized carbons (Fsp3) is 0.417. The van der Waals surface area contributed by atoms with Gasteiger partial charge in [-0.15, -0.1) is 0 Å². The maximum atomic E-state index is 14.9. The number of para-hydroxylation sites is 1. The van der Waals surface area contributed by atoms with Crippen molar-refractivity contribution < 1.29 is 92.3 Å². The largest absolute Gasteiger partial charge is 0.481 e. The molecule has 0 saturated heterocycles. The number of hydrogen-bond donors (Lipinski definition) is 17. The normalized spacial score (nSPS) is 14.6. The lowest BCUT2D eigenvalue weighted by molar-refractivity contribution is -0.145. The van der Waals surface area contributed by atoms with Crippen LogP contribution in [0.5, 0.6) is 0 Å². The summed E-state index contributed by atoms with van der Waals surface area (Å²) in [5.41, 5.74) is 18.5. The molecule has 1 aromatic heterocycles. The maximum absolute atomic E-state index is 14.9. The number of fused-ring (bicyclic) bond motifs is 1. The van der Waals surface area contributed by atoms with Gasteiger partial charge >= 0.3 is 23.9 Å². The molecular weight excluding hydrogens is 1210 g/mol. The van der Waals surface area contributed by atoms with Gasteiger partial charge in [0.05, 0.1) is 25.3 Å². The highest BCUT2D eigenvalue weighted by Crippen LogP contribution is 2.20. The number of aromatic nitrogens is 1. The first-order valence-corrected chi connectivity index (χ1v) is 29.0. The molecule has 0 spiro atoms. The van der Waals surface area contributed by atoms with Crippen LogP contribution in [-0.2, 0) is 91.2 Å². The van der Waals surface area contributed by atoms with E-state index in [0.29, 0.717) is 27.6 Å². The van der Waals surface area contributed by atoms with Crippen LogP contribution in [0.15, 0.2) is 91.1 Å². The van der Waals surface area contributed by atoms with Crippen LogP contribution in [0, 0.1) is 5.92 Å². The second-order valence-corrected chi connectivity index (χ2v) is 21.7. The minimum absolute atomic E-state index is 0.220. The van der Waals surface area contributed by atoms with Gasteiger partial charge in [-0.1, -0.05) is 99.1 Å². The van der Waals surface area contributed by atoms with Crippen LogP contribution in [0.1, 0.15) is 88.8 Å². The van der Waals surface area contributed by atoms with Crippen molar-refractivity contribution >= 4 is 99.8 Å². The van der Waals surface area contributed by atoms with Crippen LogP contribution in [0.25, 0.3) is 10.9 Å². The summed E-state index contributed by atoms with van der Waals surface area (Å²) in [6.07, 6.45) is -3.95. The zero-order chi connectivity index (χ0) is 68.4. The molecule has 0 saturated carbocycles. The van der Waals surface area contributed by atoms with Gasteiger partial charge in [-0.05, 0) is 48.4 Å².